The third-order valence-corrected chi connectivity index (χ3v) is 7.17. The lowest BCUT2D eigenvalue weighted by molar-refractivity contribution is 0.0997. The predicted octanol–water partition coefficient (Wildman–Crippen LogP) is 4.64. The first-order valence-corrected chi connectivity index (χ1v) is 13.0. The number of benzene rings is 2. The van der Waals surface area contributed by atoms with Gasteiger partial charge in [-0.1, -0.05) is 19.1 Å². The number of nitrogens with zero attached hydrogens (tertiary/aromatic N) is 3. The molecule has 0 atom stereocenters. The highest BCUT2D eigenvalue weighted by molar-refractivity contribution is 7.91. The van der Waals surface area contributed by atoms with E-state index < -0.39 is 21.6 Å². The molecule has 0 aliphatic heterocycles. The molecule has 3 heterocycles. The Hall–Kier alpha value is -4.84. The summed E-state index contributed by atoms with van der Waals surface area (Å²) in [6, 6.07) is 15.0. The molecule has 0 aliphatic rings. The zero-order valence-corrected chi connectivity index (χ0v) is 20.7. The van der Waals surface area contributed by atoms with Crippen LogP contribution in [0, 0.1) is 5.82 Å². The number of ether oxygens (including phenoxy) is 2. The molecule has 0 radical (unpaired) electrons. The number of para-hydroxylation sites is 1. The lowest BCUT2D eigenvalue weighted by Gasteiger charge is -2.14. The third kappa shape index (κ3) is 4.89. The Morgan fingerprint density at radius 1 is 1.03 bits per heavy atom. The normalized spacial score (nSPS) is 11.4. The van der Waals surface area contributed by atoms with Crippen molar-refractivity contribution >= 4 is 26.8 Å². The van der Waals surface area contributed by atoms with Crippen LogP contribution >= 0.6 is 0 Å². The second-order valence-corrected chi connectivity index (χ2v) is 10.3. The Morgan fingerprint density at radius 2 is 1.84 bits per heavy atom. The molecule has 0 aliphatic carbocycles. The van der Waals surface area contributed by atoms with Crippen LogP contribution in [0.15, 0.2) is 78.1 Å². The van der Waals surface area contributed by atoms with Crippen LogP contribution in [-0.2, 0) is 9.84 Å². The minimum atomic E-state index is -3.50. The monoisotopic (exact) mass is 533 g/mol. The number of rotatable bonds is 8. The standard InChI is InChI=1S/C26H20FN5O5S/c1-2-38(34,35)23-10-9-15(14-30-23)36-21-12-19-20(32-26(31-19)18-8-3-4-11-29-18)13-22(21)37-24-16(25(28)33)6-5-7-17(24)27/h3-14H,2H2,1H3,(H2,28,33)(H,31,32). The molecular weight excluding hydrogens is 513 g/mol. The molecule has 0 bridgehead atoms. The Kier molecular flexibility index (Phi) is 6.47. The number of pyridine rings is 2. The number of nitrogens with one attached hydrogen (secondary N) is 1. The molecule has 0 fully saturated rings. The van der Waals surface area contributed by atoms with Gasteiger partial charge in [0.1, 0.15) is 11.4 Å². The molecule has 5 aromatic rings. The molecule has 3 aromatic heterocycles. The summed E-state index contributed by atoms with van der Waals surface area (Å²) in [4.78, 5) is 27.9. The molecule has 12 heteroatoms. The van der Waals surface area contributed by atoms with Crippen LogP contribution in [0.25, 0.3) is 22.6 Å². The second-order valence-electron chi connectivity index (χ2n) is 8.04. The van der Waals surface area contributed by atoms with E-state index in [0.717, 1.165) is 6.07 Å². The van der Waals surface area contributed by atoms with Crippen LogP contribution in [0.3, 0.4) is 0 Å². The number of aromatic amines is 1. The molecule has 10 nitrogen and oxygen atoms in total. The summed E-state index contributed by atoms with van der Waals surface area (Å²) in [6.45, 7) is 1.52. The predicted molar refractivity (Wildman–Crippen MR) is 136 cm³/mol. The van der Waals surface area contributed by atoms with E-state index in [9.17, 15) is 17.6 Å². The van der Waals surface area contributed by atoms with Crippen molar-refractivity contribution in [3.8, 4) is 34.5 Å². The van der Waals surface area contributed by atoms with E-state index in [1.54, 1.807) is 24.4 Å². The number of sulfone groups is 1. The van der Waals surface area contributed by atoms with E-state index in [4.69, 9.17) is 15.2 Å². The van der Waals surface area contributed by atoms with Gasteiger partial charge in [0.2, 0.25) is 0 Å². The Bertz CT molecular complexity index is 1760. The fraction of sp³-hybridized carbons (Fsp3) is 0.0769. The number of primary amides is 1. The summed E-state index contributed by atoms with van der Waals surface area (Å²) in [6.07, 6.45) is 2.88. The van der Waals surface area contributed by atoms with E-state index in [1.165, 1.54) is 43.5 Å². The van der Waals surface area contributed by atoms with Crippen molar-refractivity contribution in [2.24, 2.45) is 5.73 Å². The molecular formula is C26H20FN5O5S. The van der Waals surface area contributed by atoms with Crippen LogP contribution in [0.5, 0.6) is 23.0 Å². The summed E-state index contributed by atoms with van der Waals surface area (Å²) >= 11 is 0. The molecule has 0 spiro atoms. The maximum atomic E-state index is 14.7. The Morgan fingerprint density at radius 3 is 2.53 bits per heavy atom. The first-order chi connectivity index (χ1) is 18.2. The lowest BCUT2D eigenvalue weighted by Crippen LogP contribution is -2.13. The summed E-state index contributed by atoms with van der Waals surface area (Å²) in [5.41, 5.74) is 6.85. The number of hydrogen-bond acceptors (Lipinski definition) is 8. The maximum absolute atomic E-state index is 14.7. The minimum Gasteiger partial charge on any atom is -0.452 e. The van der Waals surface area contributed by atoms with Gasteiger partial charge < -0.3 is 20.2 Å². The van der Waals surface area contributed by atoms with Crippen molar-refractivity contribution in [1.29, 1.82) is 0 Å². The number of aromatic nitrogens is 4. The van der Waals surface area contributed by atoms with Crippen molar-refractivity contribution in [3.63, 3.8) is 0 Å². The van der Waals surface area contributed by atoms with Gasteiger partial charge in [-0.15, -0.1) is 0 Å². The van der Waals surface area contributed by atoms with Crippen molar-refractivity contribution in [2.45, 2.75) is 11.9 Å². The number of hydrogen-bond donors (Lipinski definition) is 2. The zero-order chi connectivity index (χ0) is 26.9. The lowest BCUT2D eigenvalue weighted by atomic mass is 10.2. The van der Waals surface area contributed by atoms with Crippen molar-refractivity contribution in [1.82, 2.24) is 19.9 Å². The molecule has 38 heavy (non-hydrogen) atoms. The Balaban J connectivity index is 1.60. The smallest absolute Gasteiger partial charge is 0.252 e. The van der Waals surface area contributed by atoms with Gasteiger partial charge in [0, 0.05) is 18.3 Å². The first kappa shape index (κ1) is 24.8. The second kappa shape index (κ2) is 9.90. The van der Waals surface area contributed by atoms with Crippen molar-refractivity contribution < 1.29 is 27.1 Å². The highest BCUT2D eigenvalue weighted by atomic mass is 32.2. The molecule has 0 saturated carbocycles. The van der Waals surface area contributed by atoms with Gasteiger partial charge in [-0.05, 0) is 36.4 Å². The van der Waals surface area contributed by atoms with Crippen molar-refractivity contribution in [3.05, 3.63) is 84.4 Å². The number of carbonyl (C=O) groups is 1. The van der Waals surface area contributed by atoms with Crippen LogP contribution in [-0.4, -0.2) is 40.0 Å². The van der Waals surface area contributed by atoms with E-state index in [0.29, 0.717) is 22.6 Å². The molecule has 3 N–H and O–H groups in total. The van der Waals surface area contributed by atoms with Gasteiger partial charge in [0.05, 0.1) is 28.5 Å². The highest BCUT2D eigenvalue weighted by Gasteiger charge is 2.20. The summed E-state index contributed by atoms with van der Waals surface area (Å²) in [5, 5.41) is -0.0923. The fourth-order valence-electron chi connectivity index (χ4n) is 3.60. The topological polar surface area (TPSA) is 150 Å². The molecule has 192 valence electrons. The van der Waals surface area contributed by atoms with E-state index in [2.05, 4.69) is 19.9 Å². The van der Waals surface area contributed by atoms with Gasteiger partial charge in [0.25, 0.3) is 5.91 Å². The molecule has 2 aromatic carbocycles. The number of nitrogens with two attached hydrogens (primary N) is 1. The zero-order valence-electron chi connectivity index (χ0n) is 19.9. The first-order valence-electron chi connectivity index (χ1n) is 11.3. The number of H-pyrrole nitrogens is 1. The highest BCUT2D eigenvalue weighted by Crippen LogP contribution is 2.40. The number of halogens is 1. The maximum Gasteiger partial charge on any atom is 0.252 e. The summed E-state index contributed by atoms with van der Waals surface area (Å²) in [7, 11) is -3.50. The van der Waals surface area contributed by atoms with Crippen LogP contribution in [0.2, 0.25) is 0 Å². The van der Waals surface area contributed by atoms with Gasteiger partial charge >= 0.3 is 0 Å². The molecule has 5 rings (SSSR count). The van der Waals surface area contributed by atoms with Gasteiger partial charge in [-0.3, -0.25) is 9.78 Å². The third-order valence-electron chi connectivity index (χ3n) is 5.54. The average Bonchev–Trinajstić information content (AvgIpc) is 3.33. The van der Waals surface area contributed by atoms with Crippen LogP contribution in [0.1, 0.15) is 17.3 Å². The quantitative estimate of drug-likeness (QED) is 0.293. The van der Waals surface area contributed by atoms with Gasteiger partial charge in [-0.2, -0.15) is 0 Å². The van der Waals surface area contributed by atoms with Gasteiger partial charge in [-0.25, -0.2) is 22.8 Å². The van der Waals surface area contributed by atoms with Crippen LogP contribution in [0.4, 0.5) is 4.39 Å². The average molecular weight is 534 g/mol. The van der Waals surface area contributed by atoms with E-state index >= 15 is 0 Å². The largest absolute Gasteiger partial charge is 0.452 e. The number of amides is 1. The number of imidazole rings is 1. The SMILES string of the molecule is CCS(=O)(=O)c1ccc(Oc2cc3[nH]c(-c4ccccn4)nc3cc2Oc2c(F)cccc2C(N)=O)cn1. The molecule has 0 unspecified atom stereocenters. The van der Waals surface area contributed by atoms with E-state index in [-0.39, 0.29) is 39.3 Å². The minimum absolute atomic E-state index is 0.0226. The fourth-order valence-corrected chi connectivity index (χ4v) is 4.39. The number of carbonyl (C=O) groups excluding carboxylic acids is 1. The number of fused-ring (bicyclic) bond motifs is 1. The summed E-state index contributed by atoms with van der Waals surface area (Å²) in [5.74, 6) is -1.36. The molecule has 0 saturated heterocycles. The van der Waals surface area contributed by atoms with Crippen molar-refractivity contribution in [2.75, 3.05) is 5.75 Å². The van der Waals surface area contributed by atoms with Gasteiger partial charge in [0.15, 0.2) is 43.8 Å². The Labute approximate surface area is 216 Å². The van der Waals surface area contributed by atoms with E-state index in [1.807, 2.05) is 6.07 Å². The summed E-state index contributed by atoms with van der Waals surface area (Å²) < 4.78 is 50.7. The molecule has 1 amide bonds. The van der Waals surface area contributed by atoms with Crippen LogP contribution < -0.4 is 15.2 Å².